The van der Waals surface area contributed by atoms with Crippen LogP contribution in [0.5, 0.6) is 0 Å². The van der Waals surface area contributed by atoms with Crippen LogP contribution in [0.1, 0.15) is 19.3 Å². The number of primary amides is 1. The SMILES string of the molecule is CNC1(C(N)=O)CCC(Sc2ccccc2F)C1. The van der Waals surface area contributed by atoms with Crippen molar-refractivity contribution in [3.05, 3.63) is 30.1 Å². The lowest BCUT2D eigenvalue weighted by Crippen LogP contribution is -2.52. The van der Waals surface area contributed by atoms with Crippen LogP contribution in [-0.2, 0) is 4.79 Å². The fourth-order valence-corrected chi connectivity index (χ4v) is 3.70. The summed E-state index contributed by atoms with van der Waals surface area (Å²) in [4.78, 5) is 12.1. The molecule has 2 atom stereocenters. The number of benzene rings is 1. The number of hydrogen-bond donors (Lipinski definition) is 2. The van der Waals surface area contributed by atoms with E-state index in [-0.39, 0.29) is 17.0 Å². The lowest BCUT2D eigenvalue weighted by Gasteiger charge is -2.24. The summed E-state index contributed by atoms with van der Waals surface area (Å²) in [6, 6.07) is 6.72. The highest BCUT2D eigenvalue weighted by Gasteiger charge is 2.43. The van der Waals surface area contributed by atoms with Crippen LogP contribution in [0.3, 0.4) is 0 Å². The molecule has 0 aromatic heterocycles. The van der Waals surface area contributed by atoms with E-state index in [1.54, 1.807) is 19.2 Å². The fraction of sp³-hybridized carbons (Fsp3) is 0.462. The van der Waals surface area contributed by atoms with Gasteiger partial charge in [-0.1, -0.05) is 12.1 Å². The molecule has 1 saturated carbocycles. The summed E-state index contributed by atoms with van der Waals surface area (Å²) in [7, 11) is 1.75. The maximum atomic E-state index is 13.5. The number of nitrogens with two attached hydrogens (primary N) is 1. The highest BCUT2D eigenvalue weighted by molar-refractivity contribution is 8.00. The minimum Gasteiger partial charge on any atom is -0.368 e. The van der Waals surface area contributed by atoms with Gasteiger partial charge in [0, 0.05) is 10.1 Å². The van der Waals surface area contributed by atoms with Crippen molar-refractivity contribution < 1.29 is 9.18 Å². The Morgan fingerprint density at radius 2 is 2.28 bits per heavy atom. The van der Waals surface area contributed by atoms with Crippen molar-refractivity contribution in [1.82, 2.24) is 5.32 Å². The summed E-state index contributed by atoms with van der Waals surface area (Å²) < 4.78 is 13.5. The summed E-state index contributed by atoms with van der Waals surface area (Å²) in [6.07, 6.45) is 2.23. The number of rotatable bonds is 4. The van der Waals surface area contributed by atoms with E-state index < -0.39 is 5.54 Å². The van der Waals surface area contributed by atoms with Gasteiger partial charge < -0.3 is 11.1 Å². The number of hydrogen-bond acceptors (Lipinski definition) is 3. The predicted molar refractivity (Wildman–Crippen MR) is 70.9 cm³/mol. The summed E-state index contributed by atoms with van der Waals surface area (Å²) in [6.45, 7) is 0. The van der Waals surface area contributed by atoms with Gasteiger partial charge in [0.25, 0.3) is 0 Å². The molecule has 3 nitrogen and oxygen atoms in total. The topological polar surface area (TPSA) is 55.1 Å². The lowest BCUT2D eigenvalue weighted by atomic mass is 9.97. The number of nitrogens with one attached hydrogen (secondary N) is 1. The first-order valence-corrected chi connectivity index (χ1v) is 6.85. The quantitative estimate of drug-likeness (QED) is 0.877. The van der Waals surface area contributed by atoms with Crippen LogP contribution < -0.4 is 11.1 Å². The Balaban J connectivity index is 2.06. The van der Waals surface area contributed by atoms with E-state index in [2.05, 4.69) is 5.32 Å². The summed E-state index contributed by atoms with van der Waals surface area (Å²) in [5.41, 5.74) is 4.82. The molecule has 1 aromatic rings. The summed E-state index contributed by atoms with van der Waals surface area (Å²) in [5.74, 6) is -0.523. The molecule has 98 valence electrons. The molecule has 1 amide bonds. The van der Waals surface area contributed by atoms with Gasteiger partial charge in [-0.3, -0.25) is 4.79 Å². The molecular formula is C13H17FN2OS. The molecule has 0 heterocycles. The zero-order valence-electron chi connectivity index (χ0n) is 10.3. The van der Waals surface area contributed by atoms with E-state index in [0.29, 0.717) is 17.7 Å². The Morgan fingerprint density at radius 1 is 1.56 bits per heavy atom. The van der Waals surface area contributed by atoms with Crippen molar-refractivity contribution in [2.75, 3.05) is 7.05 Å². The number of halogens is 1. The third-order valence-electron chi connectivity index (χ3n) is 3.55. The van der Waals surface area contributed by atoms with E-state index in [0.717, 1.165) is 6.42 Å². The van der Waals surface area contributed by atoms with Gasteiger partial charge in [0.15, 0.2) is 0 Å². The number of thioether (sulfide) groups is 1. The van der Waals surface area contributed by atoms with Gasteiger partial charge in [-0.15, -0.1) is 11.8 Å². The Hall–Kier alpha value is -1.07. The Kier molecular flexibility index (Phi) is 3.92. The molecule has 0 bridgehead atoms. The van der Waals surface area contributed by atoms with E-state index >= 15 is 0 Å². The molecule has 1 aliphatic rings. The standard InChI is InChI=1S/C13H17FN2OS/c1-16-13(12(15)17)7-6-9(8-13)18-11-5-3-2-4-10(11)14/h2-5,9,16H,6-8H2,1H3,(H2,15,17). The van der Waals surface area contributed by atoms with Crippen LogP contribution in [0.15, 0.2) is 29.2 Å². The van der Waals surface area contributed by atoms with Crippen LogP contribution in [0, 0.1) is 5.82 Å². The van der Waals surface area contributed by atoms with E-state index in [4.69, 9.17) is 5.73 Å². The number of carbonyl (C=O) groups excluding carboxylic acids is 1. The third kappa shape index (κ3) is 2.52. The molecule has 0 aliphatic heterocycles. The van der Waals surface area contributed by atoms with Crippen molar-refractivity contribution >= 4 is 17.7 Å². The van der Waals surface area contributed by atoms with Crippen LogP contribution in [0.2, 0.25) is 0 Å². The molecule has 3 N–H and O–H groups in total. The maximum Gasteiger partial charge on any atom is 0.237 e. The second kappa shape index (κ2) is 5.28. The molecule has 18 heavy (non-hydrogen) atoms. The molecule has 0 spiro atoms. The number of carbonyl (C=O) groups is 1. The zero-order chi connectivity index (χ0) is 13.2. The second-order valence-corrected chi connectivity index (χ2v) is 5.95. The van der Waals surface area contributed by atoms with Crippen LogP contribution >= 0.6 is 11.8 Å². The maximum absolute atomic E-state index is 13.5. The van der Waals surface area contributed by atoms with Crippen molar-refractivity contribution in [1.29, 1.82) is 0 Å². The Labute approximate surface area is 110 Å². The van der Waals surface area contributed by atoms with Gasteiger partial charge >= 0.3 is 0 Å². The van der Waals surface area contributed by atoms with Crippen molar-refractivity contribution in [2.45, 2.75) is 34.9 Å². The van der Waals surface area contributed by atoms with Gasteiger partial charge in [0.05, 0.1) is 5.54 Å². The van der Waals surface area contributed by atoms with Crippen LogP contribution in [0.25, 0.3) is 0 Å². The van der Waals surface area contributed by atoms with Gasteiger partial charge in [-0.2, -0.15) is 0 Å². The molecule has 1 aliphatic carbocycles. The molecule has 5 heteroatoms. The Bertz CT molecular complexity index is 454. The largest absolute Gasteiger partial charge is 0.368 e. The van der Waals surface area contributed by atoms with E-state index in [1.807, 2.05) is 6.07 Å². The second-order valence-electron chi connectivity index (χ2n) is 4.61. The normalized spacial score (nSPS) is 27.3. The lowest BCUT2D eigenvalue weighted by molar-refractivity contribution is -0.124. The zero-order valence-corrected chi connectivity index (χ0v) is 11.1. The predicted octanol–water partition coefficient (Wildman–Crippen LogP) is 1.91. The van der Waals surface area contributed by atoms with Gasteiger partial charge in [0.2, 0.25) is 5.91 Å². The van der Waals surface area contributed by atoms with Gasteiger partial charge in [-0.25, -0.2) is 4.39 Å². The number of amides is 1. The van der Waals surface area contributed by atoms with E-state index in [1.165, 1.54) is 17.8 Å². The first-order chi connectivity index (χ1) is 8.57. The third-order valence-corrected chi connectivity index (χ3v) is 4.87. The highest BCUT2D eigenvalue weighted by Crippen LogP contribution is 2.40. The number of likely N-dealkylation sites (N-methyl/N-ethyl adjacent to an activating group) is 1. The monoisotopic (exact) mass is 268 g/mol. The fourth-order valence-electron chi connectivity index (χ4n) is 2.39. The van der Waals surface area contributed by atoms with Gasteiger partial charge in [0.1, 0.15) is 5.82 Å². The average molecular weight is 268 g/mol. The smallest absolute Gasteiger partial charge is 0.237 e. The first-order valence-electron chi connectivity index (χ1n) is 5.97. The van der Waals surface area contributed by atoms with Gasteiger partial charge in [-0.05, 0) is 38.4 Å². The van der Waals surface area contributed by atoms with Crippen molar-refractivity contribution in [3.8, 4) is 0 Å². The Morgan fingerprint density at radius 3 is 2.83 bits per heavy atom. The molecule has 1 fully saturated rings. The first kappa shape index (κ1) is 13.4. The van der Waals surface area contributed by atoms with Crippen molar-refractivity contribution in [2.24, 2.45) is 5.73 Å². The highest BCUT2D eigenvalue weighted by atomic mass is 32.2. The summed E-state index contributed by atoms with van der Waals surface area (Å²) >= 11 is 1.49. The molecule has 1 aromatic carbocycles. The summed E-state index contributed by atoms with van der Waals surface area (Å²) in [5, 5.41) is 3.25. The van der Waals surface area contributed by atoms with Crippen LogP contribution in [0.4, 0.5) is 4.39 Å². The molecule has 2 unspecified atom stereocenters. The van der Waals surface area contributed by atoms with E-state index in [9.17, 15) is 9.18 Å². The molecule has 2 rings (SSSR count). The van der Waals surface area contributed by atoms with Crippen LogP contribution in [-0.4, -0.2) is 23.7 Å². The van der Waals surface area contributed by atoms with Crippen molar-refractivity contribution in [3.63, 3.8) is 0 Å². The molecule has 0 saturated heterocycles. The minimum atomic E-state index is -0.622. The average Bonchev–Trinajstić information content (AvgIpc) is 2.77. The molecular weight excluding hydrogens is 251 g/mol. The minimum absolute atomic E-state index is 0.205. The molecule has 0 radical (unpaired) electrons.